The van der Waals surface area contributed by atoms with Gasteiger partial charge in [0.15, 0.2) is 5.58 Å². The SMILES string of the molecule is O=C(Oc1ccc2c(-c3ccc(F)cc3)noc2c1)C1CCCCC1. The molecule has 25 heavy (non-hydrogen) atoms. The van der Waals surface area contributed by atoms with Crippen LogP contribution in [0.4, 0.5) is 4.39 Å². The zero-order chi connectivity index (χ0) is 17.2. The van der Waals surface area contributed by atoms with E-state index in [9.17, 15) is 9.18 Å². The highest BCUT2D eigenvalue weighted by atomic mass is 19.1. The molecule has 0 N–H and O–H groups in total. The lowest BCUT2D eigenvalue weighted by Gasteiger charge is -2.19. The molecule has 1 heterocycles. The second-order valence-electron chi connectivity index (χ2n) is 6.45. The van der Waals surface area contributed by atoms with Crippen LogP contribution < -0.4 is 4.74 Å². The molecule has 4 rings (SSSR count). The second kappa shape index (κ2) is 6.67. The minimum Gasteiger partial charge on any atom is -0.426 e. The average Bonchev–Trinajstić information content (AvgIpc) is 3.06. The monoisotopic (exact) mass is 339 g/mol. The van der Waals surface area contributed by atoms with Gasteiger partial charge in [-0.1, -0.05) is 24.4 Å². The first-order valence-electron chi connectivity index (χ1n) is 8.58. The highest BCUT2D eigenvalue weighted by Gasteiger charge is 2.23. The van der Waals surface area contributed by atoms with Crippen LogP contribution >= 0.6 is 0 Å². The first-order valence-corrected chi connectivity index (χ1v) is 8.58. The summed E-state index contributed by atoms with van der Waals surface area (Å²) in [4.78, 5) is 12.3. The van der Waals surface area contributed by atoms with Crippen molar-refractivity contribution in [3.8, 4) is 17.0 Å². The molecule has 4 nitrogen and oxygen atoms in total. The number of carbonyl (C=O) groups excluding carboxylic acids is 1. The summed E-state index contributed by atoms with van der Waals surface area (Å²) in [7, 11) is 0. The van der Waals surface area contributed by atoms with Crippen LogP contribution in [0.1, 0.15) is 32.1 Å². The smallest absolute Gasteiger partial charge is 0.314 e. The van der Waals surface area contributed by atoms with Gasteiger partial charge in [0.1, 0.15) is 17.3 Å². The Labute approximate surface area is 144 Å². The molecule has 128 valence electrons. The van der Waals surface area contributed by atoms with E-state index in [-0.39, 0.29) is 17.7 Å². The highest BCUT2D eigenvalue weighted by Crippen LogP contribution is 2.31. The summed E-state index contributed by atoms with van der Waals surface area (Å²) < 4.78 is 24.0. The average molecular weight is 339 g/mol. The third-order valence-corrected chi connectivity index (χ3v) is 4.72. The van der Waals surface area contributed by atoms with Crippen molar-refractivity contribution in [2.75, 3.05) is 0 Å². The van der Waals surface area contributed by atoms with E-state index in [4.69, 9.17) is 9.26 Å². The van der Waals surface area contributed by atoms with Crippen molar-refractivity contribution in [1.29, 1.82) is 0 Å². The van der Waals surface area contributed by atoms with Gasteiger partial charge >= 0.3 is 5.97 Å². The summed E-state index contributed by atoms with van der Waals surface area (Å²) in [5, 5.41) is 4.86. The van der Waals surface area contributed by atoms with Gasteiger partial charge in [0.25, 0.3) is 0 Å². The summed E-state index contributed by atoms with van der Waals surface area (Å²) in [6.07, 6.45) is 5.17. The van der Waals surface area contributed by atoms with Crippen LogP contribution in [0.15, 0.2) is 47.0 Å². The van der Waals surface area contributed by atoms with E-state index in [1.807, 2.05) is 6.07 Å². The number of ether oxygens (including phenoxy) is 1. The fraction of sp³-hybridized carbons (Fsp3) is 0.300. The molecule has 2 aromatic carbocycles. The van der Waals surface area contributed by atoms with E-state index in [0.717, 1.165) is 36.6 Å². The van der Waals surface area contributed by atoms with Crippen LogP contribution in [-0.2, 0) is 4.79 Å². The van der Waals surface area contributed by atoms with Crippen LogP contribution in [0.3, 0.4) is 0 Å². The number of hydrogen-bond donors (Lipinski definition) is 0. The van der Waals surface area contributed by atoms with Gasteiger partial charge in [-0.15, -0.1) is 0 Å². The number of carbonyl (C=O) groups is 1. The first-order chi connectivity index (χ1) is 12.2. The van der Waals surface area contributed by atoms with Crippen molar-refractivity contribution in [3.05, 3.63) is 48.3 Å². The van der Waals surface area contributed by atoms with Crippen LogP contribution in [-0.4, -0.2) is 11.1 Å². The fourth-order valence-corrected chi connectivity index (χ4v) is 3.34. The van der Waals surface area contributed by atoms with Crippen molar-refractivity contribution < 1.29 is 18.4 Å². The Morgan fingerprint density at radius 2 is 1.84 bits per heavy atom. The van der Waals surface area contributed by atoms with E-state index in [1.54, 1.807) is 24.3 Å². The van der Waals surface area contributed by atoms with Gasteiger partial charge in [-0.05, 0) is 49.2 Å². The number of halogens is 1. The van der Waals surface area contributed by atoms with Crippen molar-refractivity contribution in [1.82, 2.24) is 5.16 Å². The summed E-state index contributed by atoms with van der Waals surface area (Å²) in [5.41, 5.74) is 1.94. The first kappa shape index (κ1) is 15.8. The Balaban J connectivity index is 1.57. The third kappa shape index (κ3) is 3.27. The minimum absolute atomic E-state index is 0.00560. The Morgan fingerprint density at radius 3 is 2.60 bits per heavy atom. The normalized spacial score (nSPS) is 15.4. The van der Waals surface area contributed by atoms with E-state index in [0.29, 0.717) is 17.0 Å². The molecule has 0 spiro atoms. The summed E-state index contributed by atoms with van der Waals surface area (Å²) in [6.45, 7) is 0. The molecule has 1 fully saturated rings. The predicted molar refractivity (Wildman–Crippen MR) is 91.6 cm³/mol. The third-order valence-electron chi connectivity index (χ3n) is 4.72. The second-order valence-corrected chi connectivity index (χ2v) is 6.45. The molecule has 0 saturated heterocycles. The van der Waals surface area contributed by atoms with Crippen LogP contribution in [0, 0.1) is 11.7 Å². The van der Waals surface area contributed by atoms with Crippen molar-refractivity contribution in [3.63, 3.8) is 0 Å². The molecule has 0 aliphatic heterocycles. The van der Waals surface area contributed by atoms with Crippen LogP contribution in [0.25, 0.3) is 22.2 Å². The topological polar surface area (TPSA) is 52.3 Å². The maximum Gasteiger partial charge on any atom is 0.314 e. The van der Waals surface area contributed by atoms with Crippen LogP contribution in [0.5, 0.6) is 5.75 Å². The van der Waals surface area contributed by atoms with Crippen molar-refractivity contribution in [2.24, 2.45) is 5.92 Å². The minimum atomic E-state index is -0.298. The van der Waals surface area contributed by atoms with Gasteiger partial charge in [0, 0.05) is 17.0 Å². The Hall–Kier alpha value is -2.69. The molecule has 5 heteroatoms. The lowest BCUT2D eigenvalue weighted by molar-refractivity contribution is -0.139. The zero-order valence-corrected chi connectivity index (χ0v) is 13.7. The van der Waals surface area contributed by atoms with Crippen molar-refractivity contribution in [2.45, 2.75) is 32.1 Å². The molecule has 1 aliphatic rings. The van der Waals surface area contributed by atoms with Gasteiger partial charge in [-0.25, -0.2) is 4.39 Å². The van der Waals surface area contributed by atoms with E-state index in [2.05, 4.69) is 5.16 Å². The predicted octanol–water partition coefficient (Wildman–Crippen LogP) is 5.12. The quantitative estimate of drug-likeness (QED) is 0.491. The Morgan fingerprint density at radius 1 is 1.08 bits per heavy atom. The molecule has 1 aromatic heterocycles. The number of esters is 1. The lowest BCUT2D eigenvalue weighted by Crippen LogP contribution is -2.22. The summed E-state index contributed by atoms with van der Waals surface area (Å²) in [6, 6.07) is 11.3. The maximum atomic E-state index is 13.1. The molecule has 1 aliphatic carbocycles. The van der Waals surface area contributed by atoms with Gasteiger partial charge in [0.2, 0.25) is 0 Å². The van der Waals surface area contributed by atoms with Gasteiger partial charge in [-0.2, -0.15) is 0 Å². The van der Waals surface area contributed by atoms with Gasteiger partial charge in [0.05, 0.1) is 5.92 Å². The zero-order valence-electron chi connectivity index (χ0n) is 13.7. The van der Waals surface area contributed by atoms with Crippen LogP contribution in [0.2, 0.25) is 0 Å². The fourth-order valence-electron chi connectivity index (χ4n) is 3.34. The molecule has 0 unspecified atom stereocenters. The molecule has 3 aromatic rings. The number of aromatic nitrogens is 1. The Bertz CT molecular complexity index is 895. The van der Waals surface area contributed by atoms with Gasteiger partial charge in [-0.3, -0.25) is 4.79 Å². The number of hydrogen-bond acceptors (Lipinski definition) is 4. The van der Waals surface area contributed by atoms with E-state index >= 15 is 0 Å². The number of nitrogens with zero attached hydrogens (tertiary/aromatic N) is 1. The standard InChI is InChI=1S/C20H18FNO3/c21-15-8-6-13(7-9-15)19-17-11-10-16(12-18(17)25-22-19)24-20(23)14-4-2-1-3-5-14/h6-12,14H,1-5H2. The number of benzene rings is 2. The highest BCUT2D eigenvalue weighted by molar-refractivity contribution is 5.92. The lowest BCUT2D eigenvalue weighted by atomic mass is 9.89. The molecular formula is C20H18FNO3. The van der Waals surface area contributed by atoms with E-state index in [1.165, 1.54) is 18.6 Å². The van der Waals surface area contributed by atoms with Crippen molar-refractivity contribution >= 4 is 16.9 Å². The largest absolute Gasteiger partial charge is 0.426 e. The molecule has 0 bridgehead atoms. The molecule has 0 radical (unpaired) electrons. The molecular weight excluding hydrogens is 321 g/mol. The molecule has 0 atom stereocenters. The van der Waals surface area contributed by atoms with Gasteiger partial charge < -0.3 is 9.26 Å². The number of fused-ring (bicyclic) bond motifs is 1. The molecule has 1 saturated carbocycles. The summed E-state index contributed by atoms with van der Waals surface area (Å²) in [5.74, 6) is -0.00962. The number of rotatable bonds is 3. The maximum absolute atomic E-state index is 13.1. The summed E-state index contributed by atoms with van der Waals surface area (Å²) >= 11 is 0. The molecule has 0 amide bonds. The Kier molecular flexibility index (Phi) is 4.22. The van der Waals surface area contributed by atoms with E-state index < -0.39 is 0 Å².